The summed E-state index contributed by atoms with van der Waals surface area (Å²) in [7, 11) is 0. The van der Waals surface area contributed by atoms with E-state index in [1.807, 2.05) is 25.1 Å². The minimum atomic E-state index is 0.110. The summed E-state index contributed by atoms with van der Waals surface area (Å²) >= 11 is 0. The smallest absolute Gasteiger partial charge is 0.227 e. The molecule has 0 saturated carbocycles. The third-order valence-electron chi connectivity index (χ3n) is 4.98. The molecule has 3 rings (SSSR count). The fraction of sp³-hybridized carbons (Fsp3) is 0.632. The first-order valence-corrected chi connectivity index (χ1v) is 9.05. The van der Waals surface area contributed by atoms with Crippen LogP contribution in [0.3, 0.4) is 0 Å². The summed E-state index contributed by atoms with van der Waals surface area (Å²) in [6, 6.07) is 5.92. The molecule has 0 unspecified atom stereocenters. The summed E-state index contributed by atoms with van der Waals surface area (Å²) < 4.78 is 11.4. The maximum absolute atomic E-state index is 12.4. The molecule has 2 aliphatic rings. The second kappa shape index (κ2) is 8.49. The zero-order chi connectivity index (χ0) is 16.8. The lowest BCUT2D eigenvalue weighted by Crippen LogP contribution is -2.34. The maximum atomic E-state index is 12.4. The fourth-order valence-electron chi connectivity index (χ4n) is 3.28. The average molecular weight is 332 g/mol. The van der Waals surface area contributed by atoms with Gasteiger partial charge in [-0.2, -0.15) is 0 Å². The molecule has 0 bridgehead atoms. The van der Waals surface area contributed by atoms with Gasteiger partial charge < -0.3 is 20.1 Å². The van der Waals surface area contributed by atoms with Gasteiger partial charge in [0, 0.05) is 30.9 Å². The summed E-state index contributed by atoms with van der Waals surface area (Å²) in [4.78, 5) is 12.4. The van der Waals surface area contributed by atoms with E-state index in [2.05, 4.69) is 10.6 Å². The highest BCUT2D eigenvalue weighted by atomic mass is 16.5. The van der Waals surface area contributed by atoms with Crippen molar-refractivity contribution in [3.8, 4) is 5.75 Å². The van der Waals surface area contributed by atoms with Crippen LogP contribution in [0.5, 0.6) is 5.75 Å². The number of aryl methyl sites for hydroxylation is 1. The van der Waals surface area contributed by atoms with E-state index >= 15 is 0 Å². The molecule has 2 N–H and O–H groups in total. The summed E-state index contributed by atoms with van der Waals surface area (Å²) in [5.74, 6) is 1.66. The van der Waals surface area contributed by atoms with Gasteiger partial charge in [-0.25, -0.2) is 0 Å². The number of rotatable bonds is 5. The Morgan fingerprint density at radius 1 is 1.25 bits per heavy atom. The van der Waals surface area contributed by atoms with Crippen molar-refractivity contribution in [1.82, 2.24) is 5.32 Å². The monoisotopic (exact) mass is 332 g/mol. The average Bonchev–Trinajstić information content (AvgIpc) is 2.63. The Hall–Kier alpha value is -1.59. The molecular formula is C19H28N2O3. The predicted molar refractivity (Wildman–Crippen MR) is 94.4 cm³/mol. The highest BCUT2D eigenvalue weighted by Gasteiger charge is 2.21. The van der Waals surface area contributed by atoms with E-state index in [9.17, 15) is 4.79 Å². The van der Waals surface area contributed by atoms with Crippen LogP contribution in [0, 0.1) is 18.8 Å². The van der Waals surface area contributed by atoms with Crippen LogP contribution in [0.25, 0.3) is 0 Å². The number of amides is 1. The Morgan fingerprint density at radius 2 is 2.00 bits per heavy atom. The maximum Gasteiger partial charge on any atom is 0.227 e. The normalized spacial score (nSPS) is 19.9. The quantitative estimate of drug-likeness (QED) is 0.870. The van der Waals surface area contributed by atoms with Crippen LogP contribution < -0.4 is 15.4 Å². The Labute approximate surface area is 144 Å². The number of carbonyl (C=O) groups is 1. The Morgan fingerprint density at radius 3 is 2.75 bits per heavy atom. The highest BCUT2D eigenvalue weighted by Crippen LogP contribution is 2.25. The Kier molecular flexibility index (Phi) is 6.10. The van der Waals surface area contributed by atoms with Crippen LogP contribution in [0.2, 0.25) is 0 Å². The lowest BCUT2D eigenvalue weighted by atomic mass is 9.97. The molecule has 5 nitrogen and oxygen atoms in total. The van der Waals surface area contributed by atoms with E-state index in [0.29, 0.717) is 5.92 Å². The zero-order valence-corrected chi connectivity index (χ0v) is 14.5. The first-order valence-electron chi connectivity index (χ1n) is 9.05. The van der Waals surface area contributed by atoms with Crippen molar-refractivity contribution in [2.45, 2.75) is 32.6 Å². The van der Waals surface area contributed by atoms with Crippen LogP contribution in [-0.4, -0.2) is 38.8 Å². The van der Waals surface area contributed by atoms with Gasteiger partial charge in [0.25, 0.3) is 0 Å². The molecule has 0 atom stereocenters. The predicted octanol–water partition coefficient (Wildman–Crippen LogP) is 2.74. The largest absolute Gasteiger partial charge is 0.493 e. The standard InChI is InChI=1S/C19H28N2O3/c1-14-2-3-17(21-19(22)16-4-8-20-9-5-16)12-18(14)24-13-15-6-10-23-11-7-15/h2-3,12,15-16,20H,4-11,13H2,1H3,(H,21,22). The second-order valence-corrected chi connectivity index (χ2v) is 6.86. The molecule has 2 heterocycles. The van der Waals surface area contributed by atoms with Crippen LogP contribution >= 0.6 is 0 Å². The summed E-state index contributed by atoms with van der Waals surface area (Å²) in [6.45, 7) is 6.27. The molecule has 2 fully saturated rings. The number of benzene rings is 1. The van der Waals surface area contributed by atoms with Crippen molar-refractivity contribution in [2.24, 2.45) is 11.8 Å². The lowest BCUT2D eigenvalue weighted by Gasteiger charge is -2.23. The van der Waals surface area contributed by atoms with E-state index < -0.39 is 0 Å². The van der Waals surface area contributed by atoms with Gasteiger partial charge in [0.1, 0.15) is 5.75 Å². The number of anilines is 1. The van der Waals surface area contributed by atoms with Crippen LogP contribution in [0.4, 0.5) is 5.69 Å². The molecule has 0 aromatic heterocycles. The van der Waals surface area contributed by atoms with Crippen molar-refractivity contribution >= 4 is 11.6 Å². The number of carbonyl (C=O) groups excluding carboxylic acids is 1. The molecule has 1 aromatic carbocycles. The summed E-state index contributed by atoms with van der Waals surface area (Å²) in [5.41, 5.74) is 1.92. The van der Waals surface area contributed by atoms with Crippen LogP contribution in [0.1, 0.15) is 31.2 Å². The van der Waals surface area contributed by atoms with E-state index in [0.717, 1.165) is 75.6 Å². The third-order valence-corrected chi connectivity index (χ3v) is 4.98. The molecule has 2 aliphatic heterocycles. The Bertz CT molecular complexity index is 550. The molecule has 5 heteroatoms. The van der Waals surface area contributed by atoms with Gasteiger partial charge in [-0.05, 0) is 63.2 Å². The summed E-state index contributed by atoms with van der Waals surface area (Å²) in [6.07, 6.45) is 3.94. The van der Waals surface area contributed by atoms with Crippen LogP contribution in [-0.2, 0) is 9.53 Å². The van der Waals surface area contributed by atoms with Gasteiger partial charge >= 0.3 is 0 Å². The lowest BCUT2D eigenvalue weighted by molar-refractivity contribution is -0.120. The molecule has 24 heavy (non-hydrogen) atoms. The number of piperidine rings is 1. The van der Waals surface area contributed by atoms with E-state index in [-0.39, 0.29) is 11.8 Å². The van der Waals surface area contributed by atoms with E-state index in [1.54, 1.807) is 0 Å². The van der Waals surface area contributed by atoms with Gasteiger partial charge in [-0.15, -0.1) is 0 Å². The minimum Gasteiger partial charge on any atom is -0.493 e. The number of ether oxygens (including phenoxy) is 2. The molecule has 132 valence electrons. The van der Waals surface area contributed by atoms with Gasteiger partial charge in [0.15, 0.2) is 0 Å². The van der Waals surface area contributed by atoms with Crippen molar-refractivity contribution in [1.29, 1.82) is 0 Å². The first-order chi connectivity index (χ1) is 11.7. The van der Waals surface area contributed by atoms with Crippen molar-refractivity contribution in [2.75, 3.05) is 38.2 Å². The molecule has 0 radical (unpaired) electrons. The van der Waals surface area contributed by atoms with Gasteiger partial charge in [-0.3, -0.25) is 4.79 Å². The van der Waals surface area contributed by atoms with Gasteiger partial charge in [0.2, 0.25) is 5.91 Å². The zero-order valence-electron chi connectivity index (χ0n) is 14.5. The highest BCUT2D eigenvalue weighted by molar-refractivity contribution is 5.92. The van der Waals surface area contributed by atoms with Crippen LogP contribution in [0.15, 0.2) is 18.2 Å². The topological polar surface area (TPSA) is 59.6 Å². The van der Waals surface area contributed by atoms with Crippen molar-refractivity contribution < 1.29 is 14.3 Å². The molecule has 1 amide bonds. The molecule has 2 saturated heterocycles. The summed E-state index contributed by atoms with van der Waals surface area (Å²) in [5, 5.41) is 6.34. The molecule has 0 aliphatic carbocycles. The molecular weight excluding hydrogens is 304 g/mol. The fourth-order valence-corrected chi connectivity index (χ4v) is 3.28. The number of hydrogen-bond acceptors (Lipinski definition) is 4. The SMILES string of the molecule is Cc1ccc(NC(=O)C2CCNCC2)cc1OCC1CCOCC1. The van der Waals surface area contributed by atoms with Crippen molar-refractivity contribution in [3.63, 3.8) is 0 Å². The molecule has 0 spiro atoms. The second-order valence-electron chi connectivity index (χ2n) is 6.86. The van der Waals surface area contributed by atoms with Crippen molar-refractivity contribution in [3.05, 3.63) is 23.8 Å². The third kappa shape index (κ3) is 4.71. The molecule has 1 aromatic rings. The van der Waals surface area contributed by atoms with Gasteiger partial charge in [0.05, 0.1) is 6.61 Å². The van der Waals surface area contributed by atoms with E-state index in [1.165, 1.54) is 0 Å². The van der Waals surface area contributed by atoms with Gasteiger partial charge in [-0.1, -0.05) is 6.07 Å². The van der Waals surface area contributed by atoms with E-state index in [4.69, 9.17) is 9.47 Å². The number of hydrogen-bond donors (Lipinski definition) is 2. The minimum absolute atomic E-state index is 0.110. The Balaban J connectivity index is 1.57. The number of nitrogens with one attached hydrogen (secondary N) is 2. The first kappa shape index (κ1) is 17.2.